The maximum atomic E-state index is 9.76. The summed E-state index contributed by atoms with van der Waals surface area (Å²) in [6, 6.07) is 26.8. The van der Waals surface area contributed by atoms with E-state index in [4.69, 9.17) is 9.97 Å². The first kappa shape index (κ1) is 20.6. The van der Waals surface area contributed by atoms with Crippen molar-refractivity contribution in [1.82, 2.24) is 15.0 Å². The molecule has 1 aliphatic rings. The fourth-order valence-corrected chi connectivity index (χ4v) is 6.19. The van der Waals surface area contributed by atoms with Crippen LogP contribution in [0.2, 0.25) is 0 Å². The van der Waals surface area contributed by atoms with E-state index in [2.05, 4.69) is 55.2 Å². The zero-order valence-corrected chi connectivity index (χ0v) is 19.6. The van der Waals surface area contributed by atoms with Crippen LogP contribution in [0.1, 0.15) is 30.5 Å². The molecule has 0 spiro atoms. The van der Waals surface area contributed by atoms with Gasteiger partial charge in [-0.2, -0.15) is 5.26 Å². The van der Waals surface area contributed by atoms with E-state index in [1.54, 1.807) is 18.0 Å². The molecule has 162 valence electrons. The van der Waals surface area contributed by atoms with Gasteiger partial charge in [-0.05, 0) is 53.6 Å². The van der Waals surface area contributed by atoms with Crippen LogP contribution >= 0.6 is 11.8 Å². The Bertz CT molecular complexity index is 1620. The number of nitriles is 1. The fourth-order valence-electron chi connectivity index (χ4n) is 4.78. The third-order valence-corrected chi connectivity index (χ3v) is 7.58. The summed E-state index contributed by atoms with van der Waals surface area (Å²) in [5.41, 5.74) is 6.37. The quantitative estimate of drug-likeness (QED) is 0.286. The van der Waals surface area contributed by atoms with E-state index in [0.717, 1.165) is 43.7 Å². The molecule has 34 heavy (non-hydrogen) atoms. The Balaban J connectivity index is 1.55. The maximum Gasteiger partial charge on any atom is 0.160 e. The number of rotatable bonds is 2. The SMILES string of the molecule is CC1(C)c2cc(-c3nc(-c4cccnc4)c4ccccc4n3)ccc2Sc2cccc(C#N)c21. The average molecular weight is 457 g/mol. The molecule has 3 aromatic carbocycles. The lowest BCUT2D eigenvalue weighted by molar-refractivity contribution is 0.605. The van der Waals surface area contributed by atoms with E-state index in [0.29, 0.717) is 5.82 Å². The van der Waals surface area contributed by atoms with Crippen molar-refractivity contribution in [2.24, 2.45) is 0 Å². The van der Waals surface area contributed by atoms with Gasteiger partial charge in [0.2, 0.25) is 0 Å². The molecule has 0 amide bonds. The summed E-state index contributed by atoms with van der Waals surface area (Å²) in [5.74, 6) is 0.681. The van der Waals surface area contributed by atoms with E-state index < -0.39 is 0 Å². The summed E-state index contributed by atoms with van der Waals surface area (Å²) in [7, 11) is 0. The molecule has 0 bridgehead atoms. The summed E-state index contributed by atoms with van der Waals surface area (Å²) in [4.78, 5) is 16.6. The number of para-hydroxylation sites is 1. The van der Waals surface area contributed by atoms with Crippen LogP contribution in [0.3, 0.4) is 0 Å². The average Bonchev–Trinajstić information content (AvgIpc) is 2.88. The van der Waals surface area contributed by atoms with E-state index in [1.165, 1.54) is 10.5 Å². The number of aromatic nitrogens is 3. The smallest absolute Gasteiger partial charge is 0.160 e. The summed E-state index contributed by atoms with van der Waals surface area (Å²) >= 11 is 1.72. The molecule has 0 unspecified atom stereocenters. The normalized spacial score (nSPS) is 13.7. The molecular formula is C29H20N4S. The van der Waals surface area contributed by atoms with Gasteiger partial charge in [0.25, 0.3) is 0 Å². The lowest BCUT2D eigenvalue weighted by Crippen LogP contribution is -2.25. The minimum absolute atomic E-state index is 0.318. The molecule has 0 saturated heterocycles. The Morgan fingerprint density at radius 2 is 1.74 bits per heavy atom. The van der Waals surface area contributed by atoms with Gasteiger partial charge < -0.3 is 0 Å². The lowest BCUT2D eigenvalue weighted by atomic mass is 9.75. The Hall–Kier alpha value is -4.01. The summed E-state index contributed by atoms with van der Waals surface area (Å²) in [6.45, 7) is 4.38. The highest BCUT2D eigenvalue weighted by atomic mass is 32.2. The molecule has 3 heterocycles. The molecule has 0 aliphatic carbocycles. The van der Waals surface area contributed by atoms with Crippen LogP contribution in [0.15, 0.2) is 95.0 Å². The van der Waals surface area contributed by atoms with Crippen LogP contribution in [0.4, 0.5) is 0 Å². The number of nitrogens with zero attached hydrogens (tertiary/aromatic N) is 4. The largest absolute Gasteiger partial charge is 0.264 e. The molecule has 0 fully saturated rings. The van der Waals surface area contributed by atoms with Crippen molar-refractivity contribution in [1.29, 1.82) is 5.26 Å². The minimum Gasteiger partial charge on any atom is -0.264 e. The highest BCUT2D eigenvalue weighted by molar-refractivity contribution is 7.99. The first-order chi connectivity index (χ1) is 16.6. The van der Waals surface area contributed by atoms with Crippen LogP contribution in [-0.4, -0.2) is 15.0 Å². The molecule has 1 aliphatic heterocycles. The molecule has 6 rings (SSSR count). The van der Waals surface area contributed by atoms with Gasteiger partial charge in [0.1, 0.15) is 0 Å². The van der Waals surface area contributed by atoms with Crippen molar-refractivity contribution >= 4 is 22.7 Å². The predicted molar refractivity (Wildman–Crippen MR) is 136 cm³/mol. The van der Waals surface area contributed by atoms with Gasteiger partial charge in [-0.3, -0.25) is 4.98 Å². The van der Waals surface area contributed by atoms with Crippen LogP contribution in [-0.2, 0) is 5.41 Å². The van der Waals surface area contributed by atoms with Crippen molar-refractivity contribution in [2.45, 2.75) is 29.1 Å². The van der Waals surface area contributed by atoms with Gasteiger partial charge in [0.15, 0.2) is 5.82 Å². The number of hydrogen-bond acceptors (Lipinski definition) is 5. The van der Waals surface area contributed by atoms with Crippen LogP contribution in [0.25, 0.3) is 33.5 Å². The van der Waals surface area contributed by atoms with Gasteiger partial charge >= 0.3 is 0 Å². The summed E-state index contributed by atoms with van der Waals surface area (Å²) in [6.07, 6.45) is 3.61. The zero-order valence-electron chi connectivity index (χ0n) is 18.8. The van der Waals surface area contributed by atoms with Crippen LogP contribution < -0.4 is 0 Å². The van der Waals surface area contributed by atoms with Gasteiger partial charge in [0, 0.05) is 44.1 Å². The van der Waals surface area contributed by atoms with Gasteiger partial charge in [0.05, 0.1) is 22.8 Å². The molecular weight excluding hydrogens is 436 g/mol. The second-order valence-electron chi connectivity index (χ2n) is 8.88. The van der Waals surface area contributed by atoms with E-state index >= 15 is 0 Å². The van der Waals surface area contributed by atoms with Crippen molar-refractivity contribution in [2.75, 3.05) is 0 Å². The Kier molecular flexibility index (Phi) is 4.72. The predicted octanol–water partition coefficient (Wildman–Crippen LogP) is 7.02. The molecule has 0 atom stereocenters. The second kappa shape index (κ2) is 7.79. The third kappa shape index (κ3) is 3.19. The molecule has 0 N–H and O–H groups in total. The Labute approximate surface area is 202 Å². The molecule has 2 aromatic heterocycles. The number of hydrogen-bond donors (Lipinski definition) is 0. The van der Waals surface area contributed by atoms with E-state index in [-0.39, 0.29) is 5.41 Å². The van der Waals surface area contributed by atoms with Crippen molar-refractivity contribution in [3.05, 3.63) is 102 Å². The zero-order chi connectivity index (χ0) is 23.3. The second-order valence-corrected chi connectivity index (χ2v) is 9.97. The lowest BCUT2D eigenvalue weighted by Gasteiger charge is -2.35. The molecule has 0 saturated carbocycles. The first-order valence-electron chi connectivity index (χ1n) is 11.1. The maximum absolute atomic E-state index is 9.76. The standard InChI is InChI=1S/C29H20N4S/c1-29(2)22-15-18(12-13-24(22)34-25-11-5-7-19(16-30)26(25)29)28-32-23-10-4-3-9-21(23)27(33-28)20-8-6-14-31-17-20/h3-15,17H,1-2H3. The molecule has 5 heteroatoms. The van der Waals surface area contributed by atoms with E-state index in [1.807, 2.05) is 48.7 Å². The summed E-state index contributed by atoms with van der Waals surface area (Å²) in [5, 5.41) is 10.8. The van der Waals surface area contributed by atoms with Crippen molar-refractivity contribution in [3.63, 3.8) is 0 Å². The Morgan fingerprint density at radius 1 is 0.853 bits per heavy atom. The van der Waals surface area contributed by atoms with Gasteiger partial charge in [-0.15, -0.1) is 0 Å². The monoisotopic (exact) mass is 456 g/mol. The first-order valence-corrected chi connectivity index (χ1v) is 11.9. The summed E-state index contributed by atoms with van der Waals surface area (Å²) < 4.78 is 0. The van der Waals surface area contributed by atoms with Gasteiger partial charge in [-0.1, -0.05) is 55.9 Å². The fraction of sp³-hybridized carbons (Fsp3) is 0.103. The van der Waals surface area contributed by atoms with Crippen molar-refractivity contribution < 1.29 is 0 Å². The Morgan fingerprint density at radius 3 is 2.56 bits per heavy atom. The number of pyridine rings is 1. The van der Waals surface area contributed by atoms with Gasteiger partial charge in [-0.25, -0.2) is 9.97 Å². The highest BCUT2D eigenvalue weighted by Gasteiger charge is 2.35. The number of fused-ring (bicyclic) bond motifs is 3. The van der Waals surface area contributed by atoms with Crippen LogP contribution in [0, 0.1) is 11.3 Å². The number of benzene rings is 3. The molecule has 5 aromatic rings. The van der Waals surface area contributed by atoms with Crippen LogP contribution in [0.5, 0.6) is 0 Å². The minimum atomic E-state index is -0.318. The van der Waals surface area contributed by atoms with Crippen molar-refractivity contribution in [3.8, 4) is 28.7 Å². The highest BCUT2D eigenvalue weighted by Crippen LogP contribution is 2.50. The third-order valence-electron chi connectivity index (χ3n) is 6.44. The molecule has 0 radical (unpaired) electrons. The topological polar surface area (TPSA) is 62.5 Å². The molecule has 4 nitrogen and oxygen atoms in total. The van der Waals surface area contributed by atoms with E-state index in [9.17, 15) is 5.26 Å².